The largest absolute Gasteiger partial charge is 0.397 e. The zero-order chi connectivity index (χ0) is 14.7. The summed E-state index contributed by atoms with van der Waals surface area (Å²) in [4.78, 5) is 14.4. The molecule has 0 aliphatic heterocycles. The molecule has 0 saturated carbocycles. The van der Waals surface area contributed by atoms with E-state index in [1.54, 1.807) is 17.0 Å². The number of fused-ring (bicyclic) bond motifs is 1. The van der Waals surface area contributed by atoms with Crippen molar-refractivity contribution >= 4 is 33.0 Å². The number of nitrogens with two attached hydrogens (primary N) is 1. The molecule has 2 aromatic rings. The van der Waals surface area contributed by atoms with Gasteiger partial charge in [0.05, 0.1) is 17.6 Å². The number of carbonyl (C=O) groups is 1. The lowest BCUT2D eigenvalue weighted by Crippen LogP contribution is -2.32. The van der Waals surface area contributed by atoms with Crippen LogP contribution in [0.2, 0.25) is 0 Å². The monoisotopic (exact) mass is 290 g/mol. The Hall–Kier alpha value is -2.06. The maximum absolute atomic E-state index is 13.8. The molecule has 0 atom stereocenters. The van der Waals surface area contributed by atoms with Crippen LogP contribution in [0.4, 0.5) is 10.1 Å². The second kappa shape index (κ2) is 5.93. The van der Waals surface area contributed by atoms with Gasteiger partial charge in [-0.1, -0.05) is 18.9 Å². The van der Waals surface area contributed by atoms with Crippen molar-refractivity contribution in [3.05, 3.63) is 28.9 Å². The van der Waals surface area contributed by atoms with E-state index in [1.807, 2.05) is 6.92 Å². The van der Waals surface area contributed by atoms with Gasteiger partial charge >= 0.3 is 0 Å². The lowest BCUT2D eigenvalue weighted by atomic mass is 10.2. The Kier molecular flexibility index (Phi) is 4.26. The van der Waals surface area contributed by atoms with Crippen LogP contribution in [0.25, 0.3) is 10.1 Å². The highest BCUT2D eigenvalue weighted by molar-refractivity contribution is 7.21. The summed E-state index contributed by atoms with van der Waals surface area (Å²) in [6.45, 7) is 2.74. The third-order valence-corrected chi connectivity index (χ3v) is 4.12. The highest BCUT2D eigenvalue weighted by Gasteiger charge is 2.22. The van der Waals surface area contributed by atoms with Gasteiger partial charge in [0.25, 0.3) is 5.91 Å². The molecule has 2 rings (SSSR count). The molecule has 20 heavy (non-hydrogen) atoms. The Morgan fingerprint density at radius 1 is 1.55 bits per heavy atom. The molecule has 1 heterocycles. The maximum Gasteiger partial charge on any atom is 0.266 e. The van der Waals surface area contributed by atoms with Crippen molar-refractivity contribution in [2.24, 2.45) is 0 Å². The Labute approximate surface area is 121 Å². The van der Waals surface area contributed by atoms with E-state index in [-0.39, 0.29) is 18.1 Å². The van der Waals surface area contributed by atoms with Crippen LogP contribution in [0.1, 0.15) is 23.0 Å². The van der Waals surface area contributed by atoms with Gasteiger partial charge in [-0.25, -0.2) is 4.39 Å². The number of halogens is 1. The van der Waals surface area contributed by atoms with Crippen LogP contribution in [0.3, 0.4) is 0 Å². The first kappa shape index (κ1) is 14.4. The fourth-order valence-electron chi connectivity index (χ4n) is 2.06. The van der Waals surface area contributed by atoms with Crippen molar-refractivity contribution in [3.8, 4) is 12.3 Å². The van der Waals surface area contributed by atoms with Crippen LogP contribution in [0.5, 0.6) is 0 Å². The minimum Gasteiger partial charge on any atom is -0.397 e. The van der Waals surface area contributed by atoms with Crippen LogP contribution in [-0.2, 0) is 0 Å². The normalized spacial score (nSPS) is 10.4. The number of amides is 1. The molecule has 5 heteroatoms. The van der Waals surface area contributed by atoms with E-state index in [0.29, 0.717) is 21.5 Å². The van der Waals surface area contributed by atoms with Gasteiger partial charge in [-0.15, -0.1) is 17.8 Å². The molecule has 3 nitrogen and oxygen atoms in total. The lowest BCUT2D eigenvalue weighted by molar-refractivity contribution is 0.0782. The van der Waals surface area contributed by atoms with Gasteiger partial charge in [0.1, 0.15) is 10.7 Å². The summed E-state index contributed by atoms with van der Waals surface area (Å²) in [5, 5.41) is 0.318. The Balaban J connectivity index is 2.47. The van der Waals surface area contributed by atoms with E-state index in [4.69, 9.17) is 12.2 Å². The number of carbonyl (C=O) groups excluding carboxylic acids is 1. The van der Waals surface area contributed by atoms with Crippen molar-refractivity contribution < 1.29 is 9.18 Å². The standard InChI is InChI=1S/C15H15FN2OS/c1-3-8-18(9-4-2)15(19)14-13(17)12-10(16)6-5-7-11(12)20-14/h1,5-7H,4,8-9,17H2,2H3. The quantitative estimate of drug-likeness (QED) is 0.879. The molecule has 0 spiro atoms. The highest BCUT2D eigenvalue weighted by atomic mass is 32.1. The molecule has 0 aliphatic carbocycles. The predicted molar refractivity (Wildman–Crippen MR) is 81.2 cm³/mol. The molecular weight excluding hydrogens is 275 g/mol. The van der Waals surface area contributed by atoms with E-state index >= 15 is 0 Å². The molecule has 0 bridgehead atoms. The molecule has 1 amide bonds. The second-order valence-electron chi connectivity index (χ2n) is 4.39. The number of nitrogens with zero attached hydrogens (tertiary/aromatic N) is 1. The third-order valence-electron chi connectivity index (χ3n) is 2.96. The van der Waals surface area contributed by atoms with Gasteiger partial charge in [-0.05, 0) is 18.6 Å². The average molecular weight is 290 g/mol. The molecule has 104 valence electrons. The van der Waals surface area contributed by atoms with Crippen LogP contribution in [-0.4, -0.2) is 23.9 Å². The first-order chi connectivity index (χ1) is 9.60. The highest BCUT2D eigenvalue weighted by Crippen LogP contribution is 2.35. The van der Waals surface area contributed by atoms with Gasteiger partial charge in [0, 0.05) is 11.2 Å². The fourth-order valence-corrected chi connectivity index (χ4v) is 3.17. The minimum absolute atomic E-state index is 0.200. The van der Waals surface area contributed by atoms with E-state index in [1.165, 1.54) is 17.4 Å². The van der Waals surface area contributed by atoms with Gasteiger partial charge in [0.2, 0.25) is 0 Å². The van der Waals surface area contributed by atoms with E-state index in [9.17, 15) is 9.18 Å². The maximum atomic E-state index is 13.8. The number of terminal acetylenes is 1. The van der Waals surface area contributed by atoms with Gasteiger partial charge < -0.3 is 10.6 Å². The Bertz CT molecular complexity index is 687. The summed E-state index contributed by atoms with van der Waals surface area (Å²) < 4.78 is 14.5. The van der Waals surface area contributed by atoms with Crippen molar-refractivity contribution in [2.45, 2.75) is 13.3 Å². The van der Waals surface area contributed by atoms with Crippen LogP contribution in [0.15, 0.2) is 18.2 Å². The number of anilines is 1. The Morgan fingerprint density at radius 3 is 2.90 bits per heavy atom. The summed E-state index contributed by atoms with van der Waals surface area (Å²) in [6, 6.07) is 4.69. The first-order valence-corrected chi connectivity index (χ1v) is 7.11. The number of thiophene rings is 1. The molecular formula is C15H15FN2OS. The number of rotatable bonds is 4. The smallest absolute Gasteiger partial charge is 0.266 e. The summed E-state index contributed by atoms with van der Waals surface area (Å²) in [6.07, 6.45) is 6.08. The van der Waals surface area contributed by atoms with Crippen molar-refractivity contribution in [2.75, 3.05) is 18.8 Å². The second-order valence-corrected chi connectivity index (χ2v) is 5.44. The first-order valence-electron chi connectivity index (χ1n) is 6.29. The fraction of sp³-hybridized carbons (Fsp3) is 0.267. The van der Waals surface area contributed by atoms with Crippen LogP contribution < -0.4 is 5.73 Å². The van der Waals surface area contributed by atoms with Crippen LogP contribution >= 0.6 is 11.3 Å². The van der Waals surface area contributed by atoms with Crippen molar-refractivity contribution in [1.82, 2.24) is 4.90 Å². The van der Waals surface area contributed by atoms with Gasteiger partial charge in [-0.2, -0.15) is 0 Å². The molecule has 2 N–H and O–H groups in total. The number of benzene rings is 1. The SMILES string of the molecule is C#CCN(CCC)C(=O)c1sc2cccc(F)c2c1N. The number of nitrogen functional groups attached to an aromatic ring is 1. The topological polar surface area (TPSA) is 46.3 Å². The molecule has 0 aliphatic rings. The Morgan fingerprint density at radius 2 is 2.30 bits per heavy atom. The molecule has 0 saturated heterocycles. The average Bonchev–Trinajstić information content (AvgIpc) is 2.76. The van der Waals surface area contributed by atoms with E-state index in [2.05, 4.69) is 5.92 Å². The third kappa shape index (κ3) is 2.47. The molecule has 1 aromatic heterocycles. The van der Waals surface area contributed by atoms with Crippen molar-refractivity contribution in [1.29, 1.82) is 0 Å². The van der Waals surface area contributed by atoms with Gasteiger partial charge in [-0.3, -0.25) is 4.79 Å². The summed E-state index contributed by atoms with van der Waals surface area (Å²) >= 11 is 1.20. The summed E-state index contributed by atoms with van der Waals surface area (Å²) in [7, 11) is 0. The predicted octanol–water partition coefficient (Wildman–Crippen LogP) is 3.11. The van der Waals surface area contributed by atoms with Crippen LogP contribution in [0, 0.1) is 18.2 Å². The lowest BCUT2D eigenvalue weighted by Gasteiger charge is -2.18. The van der Waals surface area contributed by atoms with E-state index < -0.39 is 5.82 Å². The summed E-state index contributed by atoms with van der Waals surface area (Å²) in [5.74, 6) is 1.82. The molecule has 0 fully saturated rings. The number of hydrogen-bond acceptors (Lipinski definition) is 3. The van der Waals surface area contributed by atoms with Gasteiger partial charge in [0.15, 0.2) is 0 Å². The number of hydrogen-bond donors (Lipinski definition) is 1. The molecule has 0 unspecified atom stereocenters. The zero-order valence-corrected chi connectivity index (χ0v) is 12.0. The molecule has 1 aromatic carbocycles. The zero-order valence-electron chi connectivity index (χ0n) is 11.1. The van der Waals surface area contributed by atoms with Crippen molar-refractivity contribution in [3.63, 3.8) is 0 Å². The van der Waals surface area contributed by atoms with E-state index in [0.717, 1.165) is 6.42 Å². The molecule has 0 radical (unpaired) electrons. The summed E-state index contributed by atoms with van der Waals surface area (Å²) in [5.41, 5.74) is 6.14. The minimum atomic E-state index is -0.408.